The molecule has 1 aromatic heterocycles. The largest absolute Gasteiger partial charge is 0.306 e. The maximum Gasteiger partial charge on any atom is 0.0345 e. The van der Waals surface area contributed by atoms with Gasteiger partial charge < -0.3 is 4.90 Å². The fourth-order valence-corrected chi connectivity index (χ4v) is 3.55. The summed E-state index contributed by atoms with van der Waals surface area (Å²) >= 11 is 1.88. The third-order valence-electron chi connectivity index (χ3n) is 3.34. The number of likely N-dealkylation sites (tertiary alicyclic amines) is 1. The first-order valence-electron chi connectivity index (χ1n) is 5.49. The highest BCUT2D eigenvalue weighted by Crippen LogP contribution is 2.35. The zero-order chi connectivity index (χ0) is 10.3. The van der Waals surface area contributed by atoms with Crippen LogP contribution in [0.3, 0.4) is 0 Å². The molecular weight excluding hydrogens is 202 g/mol. The number of hydrogen-bond donors (Lipinski definition) is 0. The highest BCUT2D eigenvalue weighted by molar-refractivity contribution is 7.17. The molecular formula is C13H15NS. The van der Waals surface area contributed by atoms with E-state index in [4.69, 9.17) is 0 Å². The summed E-state index contributed by atoms with van der Waals surface area (Å²) in [6, 6.07) is 8.77. The number of benzene rings is 1. The van der Waals surface area contributed by atoms with E-state index in [1.165, 1.54) is 29.6 Å². The van der Waals surface area contributed by atoms with Crippen LogP contribution in [0, 0.1) is 0 Å². The Hall–Kier alpha value is -0.860. The Morgan fingerprint density at radius 3 is 3.00 bits per heavy atom. The lowest BCUT2D eigenvalue weighted by Gasteiger charge is -2.09. The first kappa shape index (κ1) is 9.37. The number of hydrogen-bond acceptors (Lipinski definition) is 2. The summed E-state index contributed by atoms with van der Waals surface area (Å²) < 4.78 is 1.43. The topological polar surface area (TPSA) is 3.24 Å². The molecule has 1 nitrogen and oxygen atoms in total. The van der Waals surface area contributed by atoms with Gasteiger partial charge >= 0.3 is 0 Å². The smallest absolute Gasteiger partial charge is 0.0345 e. The number of likely N-dealkylation sites (N-methyl/N-ethyl adjacent to an activating group) is 1. The number of rotatable bonds is 1. The zero-order valence-electron chi connectivity index (χ0n) is 8.94. The molecule has 1 aliphatic heterocycles. The number of nitrogens with zero attached hydrogens (tertiary/aromatic N) is 1. The molecule has 2 aromatic rings. The second-order valence-electron chi connectivity index (χ2n) is 4.44. The molecule has 0 amide bonds. The van der Waals surface area contributed by atoms with Crippen molar-refractivity contribution >= 4 is 21.4 Å². The Bertz CT molecular complexity index is 474. The van der Waals surface area contributed by atoms with Crippen LogP contribution in [-0.4, -0.2) is 25.0 Å². The van der Waals surface area contributed by atoms with E-state index in [9.17, 15) is 0 Å². The van der Waals surface area contributed by atoms with Gasteiger partial charge in [-0.2, -0.15) is 0 Å². The molecule has 0 radical (unpaired) electrons. The molecule has 0 N–H and O–H groups in total. The van der Waals surface area contributed by atoms with Gasteiger partial charge in [0.1, 0.15) is 0 Å². The van der Waals surface area contributed by atoms with Gasteiger partial charge in [0.05, 0.1) is 0 Å². The maximum atomic E-state index is 2.43. The van der Waals surface area contributed by atoms with Crippen LogP contribution in [0.25, 0.3) is 10.1 Å². The van der Waals surface area contributed by atoms with E-state index in [1.54, 1.807) is 5.56 Å². The van der Waals surface area contributed by atoms with Crippen LogP contribution in [-0.2, 0) is 0 Å². The van der Waals surface area contributed by atoms with Gasteiger partial charge in [-0.3, -0.25) is 0 Å². The Morgan fingerprint density at radius 2 is 2.20 bits per heavy atom. The second-order valence-corrected chi connectivity index (χ2v) is 5.35. The maximum absolute atomic E-state index is 2.43. The summed E-state index contributed by atoms with van der Waals surface area (Å²) in [5, 5.41) is 3.83. The summed E-state index contributed by atoms with van der Waals surface area (Å²) in [4.78, 5) is 2.43. The van der Waals surface area contributed by atoms with Gasteiger partial charge in [-0.05, 0) is 48.3 Å². The molecule has 1 fully saturated rings. The molecule has 1 aromatic carbocycles. The summed E-state index contributed by atoms with van der Waals surface area (Å²) in [6.07, 6.45) is 1.32. The van der Waals surface area contributed by atoms with Gasteiger partial charge in [0.15, 0.2) is 0 Å². The van der Waals surface area contributed by atoms with E-state index in [0.717, 1.165) is 5.92 Å². The Labute approximate surface area is 94.3 Å². The van der Waals surface area contributed by atoms with E-state index < -0.39 is 0 Å². The molecule has 1 aliphatic rings. The molecule has 0 saturated carbocycles. The summed E-state index contributed by atoms with van der Waals surface area (Å²) in [7, 11) is 2.22. The lowest BCUT2D eigenvalue weighted by atomic mass is 9.98. The van der Waals surface area contributed by atoms with Crippen molar-refractivity contribution in [2.45, 2.75) is 12.3 Å². The average molecular weight is 217 g/mol. The van der Waals surface area contributed by atoms with E-state index in [1.807, 2.05) is 11.3 Å². The van der Waals surface area contributed by atoms with Crippen molar-refractivity contribution in [3.8, 4) is 0 Å². The van der Waals surface area contributed by atoms with Crippen LogP contribution in [0.1, 0.15) is 17.9 Å². The summed E-state index contributed by atoms with van der Waals surface area (Å²) in [5.41, 5.74) is 1.57. The van der Waals surface area contributed by atoms with Crippen LogP contribution in [0.5, 0.6) is 0 Å². The Kier molecular flexibility index (Phi) is 2.26. The summed E-state index contributed by atoms with van der Waals surface area (Å²) in [6.45, 7) is 2.47. The molecule has 3 rings (SSSR count). The zero-order valence-corrected chi connectivity index (χ0v) is 9.76. The summed E-state index contributed by atoms with van der Waals surface area (Å²) in [5.74, 6) is 0.756. The molecule has 2 heteroatoms. The van der Waals surface area contributed by atoms with Crippen LogP contribution in [0.2, 0.25) is 0 Å². The van der Waals surface area contributed by atoms with E-state index >= 15 is 0 Å². The quantitative estimate of drug-likeness (QED) is 0.708. The van der Waals surface area contributed by atoms with Gasteiger partial charge in [-0.25, -0.2) is 0 Å². The highest BCUT2D eigenvalue weighted by Gasteiger charge is 2.23. The molecule has 0 bridgehead atoms. The van der Waals surface area contributed by atoms with Crippen LogP contribution in [0.15, 0.2) is 29.6 Å². The van der Waals surface area contributed by atoms with Crippen molar-refractivity contribution in [1.82, 2.24) is 4.90 Å². The lowest BCUT2D eigenvalue weighted by Crippen LogP contribution is -2.13. The third-order valence-corrected chi connectivity index (χ3v) is 4.32. The Morgan fingerprint density at radius 1 is 1.33 bits per heavy atom. The first-order chi connectivity index (χ1) is 7.34. The van der Waals surface area contributed by atoms with Crippen LogP contribution in [0.4, 0.5) is 0 Å². The molecule has 1 atom stereocenters. The fraction of sp³-hybridized carbons (Fsp3) is 0.385. The minimum atomic E-state index is 0.756. The molecule has 1 saturated heterocycles. The lowest BCUT2D eigenvalue weighted by molar-refractivity contribution is 0.412. The average Bonchev–Trinajstić information content (AvgIpc) is 2.83. The van der Waals surface area contributed by atoms with E-state index in [2.05, 4.69) is 41.6 Å². The van der Waals surface area contributed by atoms with Crippen molar-refractivity contribution in [3.05, 3.63) is 35.2 Å². The number of thiophene rings is 1. The van der Waals surface area contributed by atoms with Crippen molar-refractivity contribution in [2.75, 3.05) is 20.1 Å². The molecule has 15 heavy (non-hydrogen) atoms. The van der Waals surface area contributed by atoms with Crippen molar-refractivity contribution in [3.63, 3.8) is 0 Å². The van der Waals surface area contributed by atoms with Gasteiger partial charge in [0.25, 0.3) is 0 Å². The third kappa shape index (κ3) is 1.58. The van der Waals surface area contributed by atoms with Gasteiger partial charge in [-0.15, -0.1) is 11.3 Å². The molecule has 0 unspecified atom stereocenters. The van der Waals surface area contributed by atoms with Gasteiger partial charge in [0, 0.05) is 11.2 Å². The van der Waals surface area contributed by atoms with Crippen molar-refractivity contribution in [1.29, 1.82) is 0 Å². The fourth-order valence-electron chi connectivity index (χ4n) is 2.50. The van der Waals surface area contributed by atoms with Crippen LogP contribution >= 0.6 is 11.3 Å². The van der Waals surface area contributed by atoms with Crippen molar-refractivity contribution < 1.29 is 0 Å². The van der Waals surface area contributed by atoms with Crippen LogP contribution < -0.4 is 0 Å². The normalized spacial score (nSPS) is 22.6. The molecule has 0 spiro atoms. The highest BCUT2D eigenvalue weighted by atomic mass is 32.1. The standard InChI is InChI=1S/C13H15NS/c1-14-7-6-10(8-14)12-9-15-13-5-3-2-4-11(12)13/h2-5,9-10H,6-8H2,1H3/t10-/m1/s1. The molecule has 78 valence electrons. The SMILES string of the molecule is CN1CC[C@@H](c2csc3ccccc23)C1. The van der Waals surface area contributed by atoms with Gasteiger partial charge in [0.2, 0.25) is 0 Å². The monoisotopic (exact) mass is 217 g/mol. The minimum Gasteiger partial charge on any atom is -0.306 e. The molecule has 0 aliphatic carbocycles. The number of fused-ring (bicyclic) bond motifs is 1. The molecule has 2 heterocycles. The van der Waals surface area contributed by atoms with Crippen molar-refractivity contribution in [2.24, 2.45) is 0 Å². The Balaban J connectivity index is 2.04. The minimum absolute atomic E-state index is 0.756. The van der Waals surface area contributed by atoms with E-state index in [0.29, 0.717) is 0 Å². The predicted molar refractivity (Wildman–Crippen MR) is 66.7 cm³/mol. The first-order valence-corrected chi connectivity index (χ1v) is 6.37. The van der Waals surface area contributed by atoms with E-state index in [-0.39, 0.29) is 0 Å². The second kappa shape index (κ2) is 3.62. The van der Waals surface area contributed by atoms with Gasteiger partial charge in [-0.1, -0.05) is 18.2 Å². The predicted octanol–water partition coefficient (Wildman–Crippen LogP) is 3.32.